The summed E-state index contributed by atoms with van der Waals surface area (Å²) in [5, 5.41) is 10.5. The fourth-order valence-corrected chi connectivity index (χ4v) is 2.13. The Hall–Kier alpha value is -1.58. The van der Waals surface area contributed by atoms with Crippen molar-refractivity contribution in [3.63, 3.8) is 0 Å². The van der Waals surface area contributed by atoms with Gasteiger partial charge in [-0.1, -0.05) is 29.8 Å². The number of halogens is 2. The van der Waals surface area contributed by atoms with E-state index >= 15 is 0 Å². The van der Waals surface area contributed by atoms with E-state index in [4.69, 9.17) is 16.3 Å². The number of benzene rings is 2. The molecular weight excluding hydrogens is 267 g/mol. The predicted molar refractivity (Wildman–Crippen MR) is 73.1 cm³/mol. The summed E-state index contributed by atoms with van der Waals surface area (Å²) in [5.74, 6) is 0.241. The fraction of sp³-hybridized carbons (Fsp3) is 0.200. The smallest absolute Gasteiger partial charge is 0.127 e. The van der Waals surface area contributed by atoms with E-state index in [-0.39, 0.29) is 6.42 Å². The van der Waals surface area contributed by atoms with Crippen LogP contribution < -0.4 is 4.74 Å². The molecule has 2 nitrogen and oxygen atoms in total. The van der Waals surface area contributed by atoms with Gasteiger partial charge in [-0.15, -0.1) is 0 Å². The Kier molecular flexibility index (Phi) is 4.40. The Balaban J connectivity index is 2.23. The topological polar surface area (TPSA) is 29.5 Å². The van der Waals surface area contributed by atoms with E-state index in [0.29, 0.717) is 21.9 Å². The standard InChI is InChI=1S/C15H14ClFO2/c1-19-11-5-2-4-10(8-11)15(18)9-12-13(16)6-3-7-14(12)17/h2-8,15,18H,9H2,1H3. The minimum absolute atomic E-state index is 0.124. The third kappa shape index (κ3) is 3.25. The highest BCUT2D eigenvalue weighted by molar-refractivity contribution is 6.31. The number of aliphatic hydroxyl groups is 1. The molecule has 1 atom stereocenters. The number of hydrogen-bond acceptors (Lipinski definition) is 2. The second kappa shape index (κ2) is 6.04. The number of rotatable bonds is 4. The zero-order valence-electron chi connectivity index (χ0n) is 10.4. The van der Waals surface area contributed by atoms with E-state index in [1.54, 1.807) is 43.5 Å². The number of hydrogen-bond donors (Lipinski definition) is 1. The van der Waals surface area contributed by atoms with E-state index in [0.717, 1.165) is 0 Å². The summed E-state index contributed by atoms with van der Waals surface area (Å²) in [6.45, 7) is 0. The van der Waals surface area contributed by atoms with Crippen LogP contribution in [0.1, 0.15) is 17.2 Å². The molecule has 1 N–H and O–H groups in total. The fourth-order valence-electron chi connectivity index (χ4n) is 1.89. The molecule has 0 aliphatic heterocycles. The van der Waals surface area contributed by atoms with Gasteiger partial charge in [0.15, 0.2) is 0 Å². The second-order valence-electron chi connectivity index (χ2n) is 4.20. The van der Waals surface area contributed by atoms with Crippen molar-refractivity contribution in [2.75, 3.05) is 7.11 Å². The van der Waals surface area contributed by atoms with Gasteiger partial charge in [0.05, 0.1) is 13.2 Å². The van der Waals surface area contributed by atoms with E-state index in [9.17, 15) is 9.50 Å². The van der Waals surface area contributed by atoms with Crippen LogP contribution in [-0.4, -0.2) is 12.2 Å². The third-order valence-electron chi connectivity index (χ3n) is 2.94. The Bertz CT molecular complexity index is 552. The van der Waals surface area contributed by atoms with E-state index in [1.807, 2.05) is 0 Å². The van der Waals surface area contributed by atoms with Crippen molar-refractivity contribution in [3.8, 4) is 5.75 Å². The summed E-state index contributed by atoms with van der Waals surface area (Å²) >= 11 is 5.94. The van der Waals surface area contributed by atoms with Crippen molar-refractivity contribution in [2.24, 2.45) is 0 Å². The first kappa shape index (κ1) is 13.8. The highest BCUT2D eigenvalue weighted by atomic mass is 35.5. The van der Waals surface area contributed by atoms with Gasteiger partial charge < -0.3 is 9.84 Å². The molecule has 0 heterocycles. The molecule has 0 aliphatic rings. The van der Waals surface area contributed by atoms with Gasteiger partial charge in [0.25, 0.3) is 0 Å². The molecule has 0 spiro atoms. The van der Waals surface area contributed by atoms with Crippen LogP contribution in [0.15, 0.2) is 42.5 Å². The van der Waals surface area contributed by atoms with Gasteiger partial charge >= 0.3 is 0 Å². The van der Waals surface area contributed by atoms with Gasteiger partial charge in [-0.2, -0.15) is 0 Å². The van der Waals surface area contributed by atoms with Crippen LogP contribution in [0.5, 0.6) is 5.75 Å². The Morgan fingerprint density at radius 3 is 2.68 bits per heavy atom. The number of aliphatic hydroxyl groups excluding tert-OH is 1. The summed E-state index contributed by atoms with van der Waals surface area (Å²) < 4.78 is 18.7. The first-order valence-corrected chi connectivity index (χ1v) is 6.24. The Morgan fingerprint density at radius 1 is 1.26 bits per heavy atom. The first-order chi connectivity index (χ1) is 9.11. The summed E-state index contributed by atoms with van der Waals surface area (Å²) in [5.41, 5.74) is 0.984. The zero-order valence-corrected chi connectivity index (χ0v) is 11.2. The summed E-state index contributed by atoms with van der Waals surface area (Å²) in [4.78, 5) is 0. The monoisotopic (exact) mass is 280 g/mol. The average molecular weight is 281 g/mol. The maximum atomic E-state index is 13.7. The molecule has 0 radical (unpaired) electrons. The maximum Gasteiger partial charge on any atom is 0.127 e. The van der Waals surface area contributed by atoms with Crippen LogP contribution in [0.2, 0.25) is 5.02 Å². The van der Waals surface area contributed by atoms with Crippen LogP contribution in [0.25, 0.3) is 0 Å². The van der Waals surface area contributed by atoms with Gasteiger partial charge in [-0.05, 0) is 29.8 Å². The molecule has 0 fully saturated rings. The van der Waals surface area contributed by atoms with Crippen molar-refractivity contribution < 1.29 is 14.2 Å². The lowest BCUT2D eigenvalue weighted by Gasteiger charge is -2.13. The molecule has 0 aromatic heterocycles. The molecule has 1 unspecified atom stereocenters. The lowest BCUT2D eigenvalue weighted by atomic mass is 10.0. The molecule has 0 saturated heterocycles. The van der Waals surface area contributed by atoms with Crippen LogP contribution >= 0.6 is 11.6 Å². The zero-order chi connectivity index (χ0) is 13.8. The molecule has 4 heteroatoms. The first-order valence-electron chi connectivity index (χ1n) is 5.86. The summed E-state index contributed by atoms with van der Waals surface area (Å²) in [7, 11) is 1.55. The van der Waals surface area contributed by atoms with Crippen LogP contribution in [-0.2, 0) is 6.42 Å². The van der Waals surface area contributed by atoms with E-state index in [2.05, 4.69) is 0 Å². The highest BCUT2D eigenvalue weighted by Gasteiger charge is 2.14. The quantitative estimate of drug-likeness (QED) is 0.924. The van der Waals surface area contributed by atoms with Gasteiger partial charge in [-0.25, -0.2) is 4.39 Å². The van der Waals surface area contributed by atoms with Gasteiger partial charge in [0.2, 0.25) is 0 Å². The van der Waals surface area contributed by atoms with Crippen LogP contribution in [0.4, 0.5) is 4.39 Å². The molecule has 0 bridgehead atoms. The number of ether oxygens (including phenoxy) is 1. The SMILES string of the molecule is COc1cccc(C(O)Cc2c(F)cccc2Cl)c1. The van der Waals surface area contributed by atoms with Crippen molar-refractivity contribution in [1.82, 2.24) is 0 Å². The minimum Gasteiger partial charge on any atom is -0.497 e. The molecule has 2 rings (SSSR count). The largest absolute Gasteiger partial charge is 0.497 e. The van der Waals surface area contributed by atoms with E-state index in [1.165, 1.54) is 6.07 Å². The lowest BCUT2D eigenvalue weighted by molar-refractivity contribution is 0.176. The van der Waals surface area contributed by atoms with Gasteiger partial charge in [0, 0.05) is 17.0 Å². The van der Waals surface area contributed by atoms with Crippen LogP contribution in [0.3, 0.4) is 0 Å². The normalized spacial score (nSPS) is 12.2. The number of methoxy groups -OCH3 is 1. The molecule has 19 heavy (non-hydrogen) atoms. The third-order valence-corrected chi connectivity index (χ3v) is 3.29. The van der Waals surface area contributed by atoms with Crippen molar-refractivity contribution in [1.29, 1.82) is 0 Å². The van der Waals surface area contributed by atoms with E-state index < -0.39 is 11.9 Å². The van der Waals surface area contributed by atoms with Crippen molar-refractivity contribution in [2.45, 2.75) is 12.5 Å². The molecule has 0 aliphatic carbocycles. The lowest BCUT2D eigenvalue weighted by Crippen LogP contribution is -2.04. The molecule has 2 aromatic rings. The van der Waals surface area contributed by atoms with Gasteiger partial charge in [0.1, 0.15) is 11.6 Å². The Morgan fingerprint density at radius 2 is 2.00 bits per heavy atom. The summed E-state index contributed by atoms with van der Waals surface area (Å²) in [6.07, 6.45) is -0.705. The Labute approximate surface area is 116 Å². The molecule has 0 amide bonds. The molecule has 2 aromatic carbocycles. The predicted octanol–water partition coefficient (Wildman–Crippen LogP) is 3.76. The minimum atomic E-state index is -0.829. The van der Waals surface area contributed by atoms with Crippen molar-refractivity contribution in [3.05, 3.63) is 64.4 Å². The van der Waals surface area contributed by atoms with Crippen LogP contribution in [0, 0.1) is 5.82 Å². The highest BCUT2D eigenvalue weighted by Crippen LogP contribution is 2.27. The van der Waals surface area contributed by atoms with Crippen molar-refractivity contribution >= 4 is 11.6 Å². The summed E-state index contributed by atoms with van der Waals surface area (Å²) in [6, 6.07) is 11.5. The molecule has 0 saturated carbocycles. The van der Waals surface area contributed by atoms with Gasteiger partial charge in [-0.3, -0.25) is 0 Å². The molecular formula is C15H14ClFO2. The maximum absolute atomic E-state index is 13.7. The average Bonchev–Trinajstić information content (AvgIpc) is 2.43. The molecule has 100 valence electrons. The second-order valence-corrected chi connectivity index (χ2v) is 4.60.